The van der Waals surface area contributed by atoms with Gasteiger partial charge in [0.15, 0.2) is 11.5 Å². The van der Waals surface area contributed by atoms with Crippen molar-refractivity contribution in [3.63, 3.8) is 0 Å². The number of hydrogen-bond acceptors (Lipinski definition) is 5. The van der Waals surface area contributed by atoms with Crippen molar-refractivity contribution in [2.45, 2.75) is 56.5 Å². The van der Waals surface area contributed by atoms with Crippen molar-refractivity contribution in [3.8, 4) is 11.5 Å². The molecule has 7 nitrogen and oxygen atoms in total. The maximum atomic E-state index is 13.3. The molecule has 0 bridgehead atoms. The Morgan fingerprint density at radius 3 is 2.55 bits per heavy atom. The third kappa shape index (κ3) is 4.01. The molecule has 0 radical (unpaired) electrons. The van der Waals surface area contributed by atoms with Crippen LogP contribution in [0.15, 0.2) is 36.4 Å². The van der Waals surface area contributed by atoms with Gasteiger partial charge in [0.25, 0.3) is 0 Å². The number of rotatable bonds is 5. The summed E-state index contributed by atoms with van der Waals surface area (Å²) in [5, 5.41) is 12.3. The van der Waals surface area contributed by atoms with Crippen LogP contribution >= 0.6 is 0 Å². The molecule has 33 heavy (non-hydrogen) atoms. The van der Waals surface area contributed by atoms with Crippen LogP contribution in [0.4, 0.5) is 8.78 Å². The number of ether oxygens (including phenoxy) is 3. The molecule has 1 aliphatic carbocycles. The summed E-state index contributed by atoms with van der Waals surface area (Å²) in [6.07, 6.45) is -1.50. The summed E-state index contributed by atoms with van der Waals surface area (Å²) >= 11 is 0. The van der Waals surface area contributed by atoms with E-state index in [1.807, 2.05) is 6.07 Å². The molecule has 2 aliphatic heterocycles. The Hall–Kier alpha value is -3.20. The first-order valence-corrected chi connectivity index (χ1v) is 10.8. The second-order valence-corrected chi connectivity index (χ2v) is 8.84. The number of fused-ring (bicyclic) bond motifs is 1. The number of carbonyl (C=O) groups excluding carboxylic acids is 1. The topological polar surface area (TPSA) is 94.1 Å². The number of aryl methyl sites for hydroxylation is 1. The molecule has 2 aromatic rings. The van der Waals surface area contributed by atoms with Gasteiger partial charge in [-0.1, -0.05) is 18.2 Å². The number of carboxylic acid groups (broad SMARTS) is 1. The third-order valence-corrected chi connectivity index (χ3v) is 6.61. The lowest BCUT2D eigenvalue weighted by atomic mass is 9.92. The second-order valence-electron chi connectivity index (χ2n) is 8.84. The third-order valence-electron chi connectivity index (χ3n) is 6.61. The van der Waals surface area contributed by atoms with Gasteiger partial charge in [-0.3, -0.25) is 4.79 Å². The number of alkyl halides is 2. The monoisotopic (exact) mass is 459 g/mol. The van der Waals surface area contributed by atoms with E-state index in [0.29, 0.717) is 43.4 Å². The number of carboxylic acids is 1. The predicted octanol–water partition coefficient (Wildman–Crippen LogP) is 4.08. The highest BCUT2D eigenvalue weighted by Crippen LogP contribution is 2.52. The molecular weight excluding hydrogens is 436 g/mol. The van der Waals surface area contributed by atoms with Gasteiger partial charge in [-0.05, 0) is 67.5 Å². The number of nitrogens with one attached hydrogen (secondary N) is 1. The fraction of sp³-hybridized carbons (Fsp3) is 0.417. The zero-order valence-corrected chi connectivity index (χ0v) is 17.9. The summed E-state index contributed by atoms with van der Waals surface area (Å²) in [4.78, 5) is 24.5. The lowest BCUT2D eigenvalue weighted by Gasteiger charge is -2.32. The van der Waals surface area contributed by atoms with Crippen LogP contribution in [-0.4, -0.2) is 35.9 Å². The summed E-state index contributed by atoms with van der Waals surface area (Å²) < 4.78 is 41.6. The number of carbonyl (C=O) groups is 2. The molecule has 3 aliphatic rings. The number of benzene rings is 2. The lowest BCUT2D eigenvalue weighted by Crippen LogP contribution is -2.44. The maximum Gasteiger partial charge on any atom is 0.586 e. The Balaban J connectivity index is 1.28. The van der Waals surface area contributed by atoms with E-state index in [-0.39, 0.29) is 35.1 Å². The predicted molar refractivity (Wildman–Crippen MR) is 112 cm³/mol. The average molecular weight is 459 g/mol. The summed E-state index contributed by atoms with van der Waals surface area (Å²) in [6.45, 7) is 2.20. The SMILES string of the molecule is Cc1cc([C@@H]2C[C@H](NC(=O)C3(c4ccc5c(c4)OC(F)(F)O5)CC3)CCO2)ccc1C(=O)O. The zero-order chi connectivity index (χ0) is 23.4. The summed E-state index contributed by atoms with van der Waals surface area (Å²) in [7, 11) is 0. The standard InChI is InChI=1S/C24H23F2NO6/c1-13-10-14(2-4-17(13)21(28)29)19-12-16(6-9-31-19)27-22(30)23(7-8-23)15-3-5-18-20(11-15)33-24(25,26)32-18/h2-5,10-11,16,19H,6-9,12H2,1H3,(H,27,30)(H,28,29)/t16-,19+/m1/s1. The molecule has 9 heteroatoms. The van der Waals surface area contributed by atoms with Crippen molar-refractivity contribution < 1.29 is 37.7 Å². The first-order chi connectivity index (χ1) is 15.7. The van der Waals surface area contributed by atoms with E-state index >= 15 is 0 Å². The molecule has 0 spiro atoms. The van der Waals surface area contributed by atoms with Crippen LogP contribution in [0.1, 0.15) is 58.8 Å². The van der Waals surface area contributed by atoms with Gasteiger partial charge in [0, 0.05) is 12.6 Å². The molecule has 0 unspecified atom stereocenters. The van der Waals surface area contributed by atoms with Crippen molar-refractivity contribution in [2.24, 2.45) is 0 Å². The average Bonchev–Trinajstić information content (AvgIpc) is 3.50. The van der Waals surface area contributed by atoms with Gasteiger partial charge in [-0.2, -0.15) is 0 Å². The van der Waals surface area contributed by atoms with Crippen molar-refractivity contribution in [1.82, 2.24) is 5.32 Å². The van der Waals surface area contributed by atoms with Gasteiger partial charge in [0.05, 0.1) is 17.1 Å². The summed E-state index contributed by atoms with van der Waals surface area (Å²) in [5.74, 6) is -1.23. The van der Waals surface area contributed by atoms with Gasteiger partial charge < -0.3 is 24.6 Å². The highest BCUT2D eigenvalue weighted by atomic mass is 19.3. The number of halogens is 2. The quantitative estimate of drug-likeness (QED) is 0.700. The first kappa shape index (κ1) is 21.6. The molecule has 2 aromatic carbocycles. The van der Waals surface area contributed by atoms with E-state index in [1.165, 1.54) is 12.1 Å². The number of hydrogen-bond donors (Lipinski definition) is 2. The largest absolute Gasteiger partial charge is 0.586 e. The Bertz CT molecular complexity index is 1130. The van der Waals surface area contributed by atoms with Crippen LogP contribution in [0.2, 0.25) is 0 Å². The highest BCUT2D eigenvalue weighted by molar-refractivity contribution is 5.92. The van der Waals surface area contributed by atoms with Crippen LogP contribution in [0, 0.1) is 6.92 Å². The van der Waals surface area contributed by atoms with Crippen LogP contribution in [0.3, 0.4) is 0 Å². The van der Waals surface area contributed by atoms with Crippen LogP contribution in [0.25, 0.3) is 0 Å². The van der Waals surface area contributed by atoms with Gasteiger partial charge in [-0.15, -0.1) is 8.78 Å². The van der Waals surface area contributed by atoms with Crippen molar-refractivity contribution in [3.05, 3.63) is 58.7 Å². The van der Waals surface area contributed by atoms with Crippen LogP contribution in [0.5, 0.6) is 11.5 Å². The Kier molecular flexibility index (Phi) is 5.04. The molecule has 0 aromatic heterocycles. The smallest absolute Gasteiger partial charge is 0.478 e. The van der Waals surface area contributed by atoms with Crippen LogP contribution in [-0.2, 0) is 14.9 Å². The summed E-state index contributed by atoms with van der Waals surface area (Å²) in [5.41, 5.74) is 1.64. The van der Waals surface area contributed by atoms with E-state index in [4.69, 9.17) is 4.74 Å². The normalized spacial score (nSPS) is 24.2. The number of amides is 1. The molecule has 1 saturated heterocycles. The minimum absolute atomic E-state index is 0.0450. The molecular formula is C24H23F2NO6. The number of aromatic carboxylic acids is 1. The molecule has 2 fully saturated rings. The Morgan fingerprint density at radius 1 is 1.09 bits per heavy atom. The fourth-order valence-corrected chi connectivity index (χ4v) is 4.63. The van der Waals surface area contributed by atoms with Gasteiger partial charge in [-0.25, -0.2) is 4.79 Å². The Labute approximate surface area is 188 Å². The molecule has 2 N–H and O–H groups in total. The lowest BCUT2D eigenvalue weighted by molar-refractivity contribution is -0.286. The van der Waals surface area contributed by atoms with Gasteiger partial charge in [0.2, 0.25) is 5.91 Å². The van der Waals surface area contributed by atoms with E-state index in [1.54, 1.807) is 25.1 Å². The van der Waals surface area contributed by atoms with Crippen molar-refractivity contribution >= 4 is 11.9 Å². The van der Waals surface area contributed by atoms with Gasteiger partial charge in [0.1, 0.15) is 0 Å². The molecule has 2 atom stereocenters. The minimum Gasteiger partial charge on any atom is -0.478 e. The Morgan fingerprint density at radius 2 is 1.85 bits per heavy atom. The van der Waals surface area contributed by atoms with E-state index in [9.17, 15) is 23.5 Å². The van der Waals surface area contributed by atoms with Crippen LogP contribution < -0.4 is 14.8 Å². The highest BCUT2D eigenvalue weighted by Gasteiger charge is 2.53. The maximum absolute atomic E-state index is 13.3. The fourth-order valence-electron chi connectivity index (χ4n) is 4.63. The molecule has 5 rings (SSSR count). The second kappa shape index (κ2) is 7.69. The molecule has 1 saturated carbocycles. The zero-order valence-electron chi connectivity index (χ0n) is 17.9. The van der Waals surface area contributed by atoms with E-state index in [2.05, 4.69) is 14.8 Å². The summed E-state index contributed by atoms with van der Waals surface area (Å²) in [6, 6.07) is 9.51. The molecule has 1 amide bonds. The molecule has 2 heterocycles. The van der Waals surface area contributed by atoms with Gasteiger partial charge >= 0.3 is 12.3 Å². The minimum atomic E-state index is -3.70. The molecule has 174 valence electrons. The van der Waals surface area contributed by atoms with E-state index < -0.39 is 17.7 Å². The van der Waals surface area contributed by atoms with E-state index in [0.717, 1.165) is 5.56 Å². The first-order valence-electron chi connectivity index (χ1n) is 10.8. The van der Waals surface area contributed by atoms with Crippen molar-refractivity contribution in [2.75, 3.05) is 6.61 Å². The van der Waals surface area contributed by atoms with Crippen molar-refractivity contribution in [1.29, 1.82) is 0 Å².